The minimum absolute atomic E-state index is 0.0344. The number of Topliss-reactive ketones (excluding diaryl/α,β-unsaturated/α-hetero) is 1. The lowest BCUT2D eigenvalue weighted by Gasteiger charge is -2.09. The highest BCUT2D eigenvalue weighted by Gasteiger charge is 2.15. The van der Waals surface area contributed by atoms with Crippen LogP contribution in [-0.2, 0) is 9.59 Å². The van der Waals surface area contributed by atoms with Gasteiger partial charge >= 0.3 is 0 Å². The van der Waals surface area contributed by atoms with Gasteiger partial charge in [-0.3, -0.25) is 9.59 Å². The molecule has 1 amide bonds. The molecule has 0 aliphatic heterocycles. The molecule has 0 saturated heterocycles. The van der Waals surface area contributed by atoms with Gasteiger partial charge in [-0.25, -0.2) is 0 Å². The molecule has 0 aromatic rings. The normalized spacial score (nSPS) is 17.3. The van der Waals surface area contributed by atoms with Crippen LogP contribution in [0.1, 0.15) is 39.0 Å². The van der Waals surface area contributed by atoms with Gasteiger partial charge in [0.2, 0.25) is 5.91 Å². The minimum Gasteiger partial charge on any atom is -0.355 e. The molecule has 0 aromatic heterocycles. The fraction of sp³-hybridized carbons (Fsp3) is 0.800. The number of carbonyl (C=O) groups is 2. The van der Waals surface area contributed by atoms with Crippen molar-refractivity contribution in [2.24, 2.45) is 5.92 Å². The molecule has 1 fully saturated rings. The maximum absolute atomic E-state index is 11.1. The van der Waals surface area contributed by atoms with E-state index in [0.717, 1.165) is 6.54 Å². The van der Waals surface area contributed by atoms with Crippen LogP contribution in [0.15, 0.2) is 0 Å². The molecule has 1 aliphatic rings. The second-order valence-electron chi connectivity index (χ2n) is 3.83. The number of rotatable bonds is 4. The molecule has 0 heterocycles. The van der Waals surface area contributed by atoms with Gasteiger partial charge in [0.05, 0.1) is 6.42 Å². The van der Waals surface area contributed by atoms with E-state index in [1.807, 2.05) is 0 Å². The first kappa shape index (κ1) is 10.2. The number of nitrogens with one attached hydrogen (secondary N) is 1. The van der Waals surface area contributed by atoms with Gasteiger partial charge in [-0.05, 0) is 25.7 Å². The van der Waals surface area contributed by atoms with Crippen molar-refractivity contribution < 1.29 is 9.59 Å². The summed E-state index contributed by atoms with van der Waals surface area (Å²) in [7, 11) is 0. The van der Waals surface area contributed by atoms with E-state index in [1.165, 1.54) is 32.6 Å². The van der Waals surface area contributed by atoms with E-state index in [9.17, 15) is 9.59 Å². The summed E-state index contributed by atoms with van der Waals surface area (Å²) >= 11 is 0. The van der Waals surface area contributed by atoms with E-state index in [4.69, 9.17) is 0 Å². The van der Waals surface area contributed by atoms with Crippen molar-refractivity contribution in [3.63, 3.8) is 0 Å². The third kappa shape index (κ3) is 4.06. The standard InChI is InChI=1S/C10H17NO2/c1-8(12)6-10(13)11-7-9-4-2-3-5-9/h9H,2-7H2,1H3,(H,11,13). The van der Waals surface area contributed by atoms with Crippen LogP contribution < -0.4 is 5.32 Å². The van der Waals surface area contributed by atoms with Gasteiger partial charge in [0.1, 0.15) is 5.78 Å². The monoisotopic (exact) mass is 183 g/mol. The van der Waals surface area contributed by atoms with Crippen LogP contribution in [0.2, 0.25) is 0 Å². The van der Waals surface area contributed by atoms with Crippen LogP contribution >= 0.6 is 0 Å². The van der Waals surface area contributed by atoms with Gasteiger partial charge in [0, 0.05) is 6.54 Å². The fourth-order valence-corrected chi connectivity index (χ4v) is 1.76. The molecule has 0 bridgehead atoms. The first-order chi connectivity index (χ1) is 6.18. The Bertz CT molecular complexity index is 195. The van der Waals surface area contributed by atoms with Gasteiger partial charge < -0.3 is 5.32 Å². The summed E-state index contributed by atoms with van der Waals surface area (Å²) < 4.78 is 0. The van der Waals surface area contributed by atoms with Crippen molar-refractivity contribution in [3.8, 4) is 0 Å². The lowest BCUT2D eigenvalue weighted by molar-refractivity contribution is -0.127. The molecule has 74 valence electrons. The highest BCUT2D eigenvalue weighted by Crippen LogP contribution is 2.23. The van der Waals surface area contributed by atoms with E-state index in [-0.39, 0.29) is 18.1 Å². The van der Waals surface area contributed by atoms with E-state index >= 15 is 0 Å². The summed E-state index contributed by atoms with van der Waals surface area (Å²) in [5.41, 5.74) is 0. The third-order valence-corrected chi connectivity index (χ3v) is 2.47. The molecule has 1 aliphatic carbocycles. The zero-order valence-electron chi connectivity index (χ0n) is 8.14. The molecule has 0 aromatic carbocycles. The smallest absolute Gasteiger partial charge is 0.227 e. The lowest BCUT2D eigenvalue weighted by Crippen LogP contribution is -2.29. The van der Waals surface area contributed by atoms with Crippen LogP contribution in [0.4, 0.5) is 0 Å². The lowest BCUT2D eigenvalue weighted by atomic mass is 10.1. The number of hydrogen-bond donors (Lipinski definition) is 1. The van der Waals surface area contributed by atoms with E-state index in [2.05, 4.69) is 5.32 Å². The fourth-order valence-electron chi connectivity index (χ4n) is 1.76. The Morgan fingerprint density at radius 3 is 2.46 bits per heavy atom. The molecule has 0 spiro atoms. The Balaban J connectivity index is 2.10. The Morgan fingerprint density at radius 2 is 1.92 bits per heavy atom. The average Bonchev–Trinajstić information content (AvgIpc) is 2.51. The van der Waals surface area contributed by atoms with Gasteiger partial charge in [0.15, 0.2) is 0 Å². The average molecular weight is 183 g/mol. The van der Waals surface area contributed by atoms with Crippen LogP contribution in [0.25, 0.3) is 0 Å². The van der Waals surface area contributed by atoms with Crippen molar-refractivity contribution in [1.29, 1.82) is 0 Å². The van der Waals surface area contributed by atoms with E-state index in [0.29, 0.717) is 5.92 Å². The van der Waals surface area contributed by atoms with Crippen molar-refractivity contribution in [2.45, 2.75) is 39.0 Å². The first-order valence-electron chi connectivity index (χ1n) is 4.94. The van der Waals surface area contributed by atoms with Gasteiger partial charge in [-0.15, -0.1) is 0 Å². The number of hydrogen-bond acceptors (Lipinski definition) is 2. The Morgan fingerprint density at radius 1 is 1.31 bits per heavy atom. The third-order valence-electron chi connectivity index (χ3n) is 2.47. The van der Waals surface area contributed by atoms with Crippen molar-refractivity contribution in [2.75, 3.05) is 6.54 Å². The summed E-state index contributed by atoms with van der Waals surface area (Å²) in [6.07, 6.45) is 5.05. The Kier molecular flexibility index (Phi) is 3.93. The molecule has 1 rings (SSSR count). The number of ketones is 1. The maximum Gasteiger partial charge on any atom is 0.227 e. The summed E-state index contributed by atoms with van der Waals surface area (Å²) in [6.45, 7) is 2.20. The first-order valence-corrected chi connectivity index (χ1v) is 4.94. The van der Waals surface area contributed by atoms with Crippen LogP contribution in [0.5, 0.6) is 0 Å². The molecular weight excluding hydrogens is 166 g/mol. The van der Waals surface area contributed by atoms with Crippen molar-refractivity contribution >= 4 is 11.7 Å². The number of carbonyl (C=O) groups excluding carboxylic acids is 2. The van der Waals surface area contributed by atoms with E-state index in [1.54, 1.807) is 0 Å². The molecule has 0 unspecified atom stereocenters. The molecular formula is C10H17NO2. The van der Waals surface area contributed by atoms with E-state index < -0.39 is 0 Å². The van der Waals surface area contributed by atoms with Gasteiger partial charge in [0.25, 0.3) is 0 Å². The van der Waals surface area contributed by atoms with Crippen molar-refractivity contribution in [1.82, 2.24) is 5.32 Å². The molecule has 13 heavy (non-hydrogen) atoms. The summed E-state index contributed by atoms with van der Waals surface area (Å²) in [6, 6.07) is 0. The largest absolute Gasteiger partial charge is 0.355 e. The molecule has 0 radical (unpaired) electrons. The zero-order valence-corrected chi connectivity index (χ0v) is 8.14. The molecule has 0 atom stereocenters. The summed E-state index contributed by atoms with van der Waals surface area (Å²) in [5, 5.41) is 2.80. The minimum atomic E-state index is -0.126. The highest BCUT2D eigenvalue weighted by molar-refractivity contribution is 5.96. The second kappa shape index (κ2) is 5.00. The van der Waals surface area contributed by atoms with Crippen LogP contribution in [-0.4, -0.2) is 18.2 Å². The molecule has 1 saturated carbocycles. The highest BCUT2D eigenvalue weighted by atomic mass is 16.2. The Labute approximate surface area is 78.9 Å². The van der Waals surface area contributed by atoms with Gasteiger partial charge in [-0.1, -0.05) is 12.8 Å². The molecule has 1 N–H and O–H groups in total. The quantitative estimate of drug-likeness (QED) is 0.667. The zero-order chi connectivity index (χ0) is 9.68. The SMILES string of the molecule is CC(=O)CC(=O)NCC1CCCC1. The van der Waals surface area contributed by atoms with Crippen LogP contribution in [0, 0.1) is 5.92 Å². The summed E-state index contributed by atoms with van der Waals surface area (Å²) in [4.78, 5) is 21.7. The van der Waals surface area contributed by atoms with Gasteiger partial charge in [-0.2, -0.15) is 0 Å². The number of amides is 1. The second-order valence-corrected chi connectivity index (χ2v) is 3.83. The predicted molar refractivity (Wildman–Crippen MR) is 50.3 cm³/mol. The van der Waals surface area contributed by atoms with Crippen LogP contribution in [0.3, 0.4) is 0 Å². The van der Waals surface area contributed by atoms with Crippen molar-refractivity contribution in [3.05, 3.63) is 0 Å². The molecule has 3 nitrogen and oxygen atoms in total. The molecule has 3 heteroatoms. The summed E-state index contributed by atoms with van der Waals surface area (Å²) in [5.74, 6) is 0.458. The topological polar surface area (TPSA) is 46.2 Å². The maximum atomic E-state index is 11.1. The predicted octanol–water partition coefficient (Wildman–Crippen LogP) is 1.27. The Hall–Kier alpha value is -0.860.